The van der Waals surface area contributed by atoms with Crippen LogP contribution < -0.4 is 5.32 Å². The van der Waals surface area contributed by atoms with Crippen LogP contribution in [-0.4, -0.2) is 27.4 Å². The highest BCUT2D eigenvalue weighted by atomic mass is 79.9. The second-order valence-corrected chi connectivity index (χ2v) is 6.44. The van der Waals surface area contributed by atoms with E-state index in [1.807, 2.05) is 24.3 Å². The van der Waals surface area contributed by atoms with Crippen molar-refractivity contribution in [1.29, 1.82) is 0 Å². The molecule has 3 rings (SSSR count). The third kappa shape index (κ3) is 3.61. The van der Waals surface area contributed by atoms with Crippen LogP contribution in [-0.2, 0) is 17.9 Å². The van der Waals surface area contributed by atoms with Gasteiger partial charge in [-0.1, -0.05) is 46.6 Å². The summed E-state index contributed by atoms with van der Waals surface area (Å²) < 4.78 is 8.71. The summed E-state index contributed by atoms with van der Waals surface area (Å²) in [5.74, 6) is -0.176. The van der Waals surface area contributed by atoms with Gasteiger partial charge in [-0.15, -0.1) is 5.10 Å². The zero-order chi connectivity index (χ0) is 16.2. The number of hydrogen-bond donors (Lipinski definition) is 1. The van der Waals surface area contributed by atoms with Gasteiger partial charge < -0.3 is 10.1 Å². The first kappa shape index (κ1) is 16.1. The molecule has 0 unspecified atom stereocenters. The Morgan fingerprint density at radius 1 is 1.43 bits per heavy atom. The number of hydrogen-bond acceptors (Lipinski definition) is 4. The highest BCUT2D eigenvalue weighted by Crippen LogP contribution is 2.27. The van der Waals surface area contributed by atoms with E-state index in [1.165, 1.54) is 0 Å². The zero-order valence-corrected chi connectivity index (χ0v) is 14.5. The first-order valence-electron chi connectivity index (χ1n) is 7.76. The molecule has 2 aromatic rings. The number of nitrogens with one attached hydrogen (secondary N) is 1. The molecule has 7 heteroatoms. The van der Waals surface area contributed by atoms with Crippen LogP contribution in [0.3, 0.4) is 0 Å². The highest BCUT2D eigenvalue weighted by molar-refractivity contribution is 9.10. The van der Waals surface area contributed by atoms with Crippen molar-refractivity contribution in [2.75, 3.05) is 6.54 Å². The molecule has 0 bridgehead atoms. The lowest BCUT2D eigenvalue weighted by atomic mass is 10.1. The Hall–Kier alpha value is -1.73. The van der Waals surface area contributed by atoms with Gasteiger partial charge in [-0.2, -0.15) is 0 Å². The Balaban J connectivity index is 1.71. The average Bonchev–Trinajstić information content (AvgIpc) is 2.99. The maximum absolute atomic E-state index is 12.2. The van der Waals surface area contributed by atoms with E-state index in [1.54, 1.807) is 4.68 Å². The Morgan fingerprint density at radius 3 is 2.96 bits per heavy atom. The predicted molar refractivity (Wildman–Crippen MR) is 88.9 cm³/mol. The summed E-state index contributed by atoms with van der Waals surface area (Å²) in [5, 5.41) is 11.0. The molecule has 2 heterocycles. The summed E-state index contributed by atoms with van der Waals surface area (Å²) in [4.78, 5) is 12.2. The number of amides is 1. The second-order valence-electron chi connectivity index (χ2n) is 5.53. The lowest BCUT2D eigenvalue weighted by Crippen LogP contribution is -2.28. The van der Waals surface area contributed by atoms with Crippen molar-refractivity contribution in [2.45, 2.75) is 39.0 Å². The van der Waals surface area contributed by atoms with Gasteiger partial charge in [0.2, 0.25) is 0 Å². The van der Waals surface area contributed by atoms with Crippen LogP contribution in [0.1, 0.15) is 47.6 Å². The Kier molecular flexibility index (Phi) is 5.07. The smallest absolute Gasteiger partial charge is 0.273 e. The molecule has 0 radical (unpaired) electrons. The molecule has 1 aromatic carbocycles. The molecule has 1 aliphatic heterocycles. The van der Waals surface area contributed by atoms with Crippen molar-refractivity contribution < 1.29 is 9.53 Å². The number of unbranched alkanes of at least 4 members (excludes halogenated alkanes) is 1. The van der Waals surface area contributed by atoms with Crippen molar-refractivity contribution in [1.82, 2.24) is 20.3 Å². The van der Waals surface area contributed by atoms with E-state index in [0.29, 0.717) is 25.4 Å². The van der Waals surface area contributed by atoms with Crippen molar-refractivity contribution in [2.24, 2.45) is 0 Å². The maximum Gasteiger partial charge on any atom is 0.273 e. The number of nitrogens with zero attached hydrogens (tertiary/aromatic N) is 3. The summed E-state index contributed by atoms with van der Waals surface area (Å²) in [6, 6.07) is 8.02. The van der Waals surface area contributed by atoms with Gasteiger partial charge in [0, 0.05) is 11.0 Å². The Morgan fingerprint density at radius 2 is 2.22 bits per heavy atom. The quantitative estimate of drug-likeness (QED) is 0.812. The van der Waals surface area contributed by atoms with E-state index in [-0.39, 0.29) is 12.0 Å². The third-order valence-electron chi connectivity index (χ3n) is 3.87. The number of ether oxygens (including phenoxy) is 1. The van der Waals surface area contributed by atoms with E-state index in [2.05, 4.69) is 38.5 Å². The van der Waals surface area contributed by atoms with E-state index in [9.17, 15) is 4.79 Å². The number of halogens is 1. The predicted octanol–water partition coefficient (Wildman–Crippen LogP) is 2.84. The Labute approximate surface area is 143 Å². The van der Waals surface area contributed by atoms with Crippen molar-refractivity contribution in [3.8, 4) is 0 Å². The maximum atomic E-state index is 12.2. The van der Waals surface area contributed by atoms with Gasteiger partial charge in [0.05, 0.1) is 18.8 Å². The van der Waals surface area contributed by atoms with Gasteiger partial charge in [0.1, 0.15) is 6.10 Å². The summed E-state index contributed by atoms with van der Waals surface area (Å²) in [5.41, 5.74) is 2.20. The van der Waals surface area contributed by atoms with Gasteiger partial charge in [0.15, 0.2) is 5.69 Å². The van der Waals surface area contributed by atoms with E-state index < -0.39 is 0 Å². The number of carbonyl (C=O) groups excluding carboxylic acids is 1. The largest absolute Gasteiger partial charge is 0.365 e. The fourth-order valence-electron chi connectivity index (χ4n) is 2.53. The molecule has 6 nitrogen and oxygen atoms in total. The average molecular weight is 379 g/mol. The van der Waals surface area contributed by atoms with Gasteiger partial charge in [-0.25, -0.2) is 4.68 Å². The fourth-order valence-corrected chi connectivity index (χ4v) is 2.79. The van der Waals surface area contributed by atoms with Crippen LogP contribution in [0.4, 0.5) is 0 Å². The molecule has 1 aromatic heterocycles. The molecule has 1 atom stereocenters. The van der Waals surface area contributed by atoms with Gasteiger partial charge in [-0.05, 0) is 24.1 Å². The van der Waals surface area contributed by atoms with Crippen LogP contribution >= 0.6 is 15.9 Å². The second kappa shape index (κ2) is 7.23. The molecule has 0 spiro atoms. The summed E-state index contributed by atoms with van der Waals surface area (Å²) in [6.07, 6.45) is 1.92. The molecule has 23 heavy (non-hydrogen) atoms. The van der Waals surface area contributed by atoms with Gasteiger partial charge in [0.25, 0.3) is 5.91 Å². The molecular weight excluding hydrogens is 360 g/mol. The van der Waals surface area contributed by atoms with Crippen LogP contribution in [0.5, 0.6) is 0 Å². The summed E-state index contributed by atoms with van der Waals surface area (Å²) in [6.45, 7) is 3.64. The molecule has 0 saturated carbocycles. The van der Waals surface area contributed by atoms with E-state index in [4.69, 9.17) is 4.74 Å². The number of aromatic nitrogens is 3. The van der Waals surface area contributed by atoms with Crippen molar-refractivity contribution in [3.05, 3.63) is 45.7 Å². The number of fused-ring (bicyclic) bond motifs is 1. The lowest BCUT2D eigenvalue weighted by Gasteiger charge is -2.24. The summed E-state index contributed by atoms with van der Waals surface area (Å²) >= 11 is 3.43. The molecule has 122 valence electrons. The van der Waals surface area contributed by atoms with Crippen molar-refractivity contribution >= 4 is 21.8 Å². The number of rotatable bonds is 5. The molecule has 0 saturated heterocycles. The molecule has 1 amide bonds. The van der Waals surface area contributed by atoms with Gasteiger partial charge >= 0.3 is 0 Å². The van der Waals surface area contributed by atoms with E-state index >= 15 is 0 Å². The molecule has 1 aliphatic rings. The molecule has 1 N–H and O–H groups in total. The fraction of sp³-hybridized carbons (Fsp3) is 0.438. The number of carbonyl (C=O) groups is 1. The van der Waals surface area contributed by atoms with Gasteiger partial charge in [-0.3, -0.25) is 4.79 Å². The SMILES string of the molecule is CCCCNC(=O)c1nnn2c1CO[C@H](c1ccc(Br)cc1)C2. The minimum atomic E-state index is -0.176. The van der Waals surface area contributed by atoms with Crippen molar-refractivity contribution in [3.63, 3.8) is 0 Å². The van der Waals surface area contributed by atoms with Crippen LogP contribution in [0, 0.1) is 0 Å². The monoisotopic (exact) mass is 378 g/mol. The summed E-state index contributed by atoms with van der Waals surface area (Å²) in [7, 11) is 0. The normalized spacial score (nSPS) is 16.9. The molecular formula is C16H19BrN4O2. The minimum absolute atomic E-state index is 0.0756. The topological polar surface area (TPSA) is 69.0 Å². The lowest BCUT2D eigenvalue weighted by molar-refractivity contribution is -0.00177. The minimum Gasteiger partial charge on any atom is -0.365 e. The standard InChI is InChI=1S/C16H19BrN4O2/c1-2-3-8-18-16(22)15-13-10-23-14(9-21(13)20-19-15)11-4-6-12(17)7-5-11/h4-7,14H,2-3,8-10H2,1H3,(H,18,22)/t14-/m0/s1. The molecule has 0 fully saturated rings. The van der Waals surface area contributed by atoms with E-state index in [0.717, 1.165) is 28.6 Å². The number of benzene rings is 1. The third-order valence-corrected chi connectivity index (χ3v) is 4.40. The Bertz CT molecular complexity index is 684. The van der Waals surface area contributed by atoms with Crippen LogP contribution in [0.15, 0.2) is 28.7 Å². The first-order valence-corrected chi connectivity index (χ1v) is 8.56. The highest BCUT2D eigenvalue weighted by Gasteiger charge is 2.27. The zero-order valence-electron chi connectivity index (χ0n) is 13.0. The van der Waals surface area contributed by atoms with Crippen LogP contribution in [0.2, 0.25) is 0 Å². The first-order chi connectivity index (χ1) is 11.2. The van der Waals surface area contributed by atoms with Crippen LogP contribution in [0.25, 0.3) is 0 Å². The molecule has 0 aliphatic carbocycles.